The topological polar surface area (TPSA) is 77.4 Å². The second-order valence-corrected chi connectivity index (χ2v) is 5.85. The van der Waals surface area contributed by atoms with E-state index in [1.807, 2.05) is 41.2 Å². The van der Waals surface area contributed by atoms with Crippen molar-refractivity contribution >= 4 is 11.7 Å². The first-order valence-corrected chi connectivity index (χ1v) is 8.27. The van der Waals surface area contributed by atoms with E-state index in [9.17, 15) is 4.79 Å². The van der Waals surface area contributed by atoms with Crippen LogP contribution in [0.5, 0.6) is 11.5 Å². The fourth-order valence-corrected chi connectivity index (χ4v) is 2.78. The first-order valence-electron chi connectivity index (χ1n) is 8.27. The van der Waals surface area contributed by atoms with E-state index in [1.54, 1.807) is 24.4 Å². The molecule has 0 bridgehead atoms. The zero-order valence-electron chi connectivity index (χ0n) is 14.0. The Morgan fingerprint density at radius 3 is 2.77 bits per heavy atom. The van der Waals surface area contributed by atoms with Gasteiger partial charge in [-0.1, -0.05) is 24.3 Å². The summed E-state index contributed by atoms with van der Waals surface area (Å²) in [6.07, 6.45) is 3.66. The van der Waals surface area contributed by atoms with Crippen LogP contribution in [0.25, 0.3) is 0 Å². The maximum absolute atomic E-state index is 12.2. The third kappa shape index (κ3) is 3.61. The lowest BCUT2D eigenvalue weighted by Gasteiger charge is -2.12. The highest BCUT2D eigenvalue weighted by Gasteiger charge is 2.14. The van der Waals surface area contributed by atoms with Crippen LogP contribution in [0.4, 0.5) is 10.5 Å². The molecule has 2 heterocycles. The summed E-state index contributed by atoms with van der Waals surface area (Å²) in [5, 5.41) is 9.91. The number of carbonyl (C=O) groups excluding carboxylic acids is 1. The monoisotopic (exact) mass is 350 g/mol. The van der Waals surface area contributed by atoms with Crippen LogP contribution in [0.15, 0.2) is 60.9 Å². The lowest BCUT2D eigenvalue weighted by molar-refractivity contribution is 0.174. The van der Waals surface area contributed by atoms with E-state index in [0.29, 0.717) is 30.3 Å². The Morgan fingerprint density at radius 2 is 1.92 bits per heavy atom. The first-order chi connectivity index (χ1) is 12.8. The Morgan fingerprint density at radius 1 is 1.08 bits per heavy atom. The quantitative estimate of drug-likeness (QED) is 0.742. The molecule has 0 saturated heterocycles. The van der Waals surface area contributed by atoms with Crippen molar-refractivity contribution in [2.45, 2.75) is 13.1 Å². The summed E-state index contributed by atoms with van der Waals surface area (Å²) in [5.74, 6) is 1.32. The highest BCUT2D eigenvalue weighted by molar-refractivity contribution is 5.89. The van der Waals surface area contributed by atoms with Crippen LogP contribution in [0.2, 0.25) is 0 Å². The molecule has 7 heteroatoms. The van der Waals surface area contributed by atoms with Gasteiger partial charge < -0.3 is 20.1 Å². The van der Waals surface area contributed by atoms with Crippen molar-refractivity contribution in [3.05, 3.63) is 72.1 Å². The summed E-state index contributed by atoms with van der Waals surface area (Å²) in [4.78, 5) is 12.2. The van der Waals surface area contributed by atoms with E-state index in [1.165, 1.54) is 0 Å². The highest BCUT2D eigenvalue weighted by atomic mass is 16.7. The molecule has 2 amide bonds. The van der Waals surface area contributed by atoms with E-state index in [0.717, 1.165) is 11.1 Å². The highest BCUT2D eigenvalue weighted by Crippen LogP contribution is 2.34. The Labute approximate surface area is 150 Å². The molecular formula is C19H18N4O3. The largest absolute Gasteiger partial charge is 0.454 e. The number of hydrogen-bond donors (Lipinski definition) is 2. The minimum atomic E-state index is -0.280. The fraction of sp³-hybridized carbons (Fsp3) is 0.158. The van der Waals surface area contributed by atoms with E-state index < -0.39 is 0 Å². The number of amides is 2. The predicted octanol–water partition coefficient (Wildman–Crippen LogP) is 2.98. The molecule has 26 heavy (non-hydrogen) atoms. The molecule has 3 aromatic rings. The first kappa shape index (κ1) is 16.0. The molecule has 0 spiro atoms. The van der Waals surface area contributed by atoms with Crippen LogP contribution in [0.3, 0.4) is 0 Å². The van der Waals surface area contributed by atoms with Crippen LogP contribution in [0, 0.1) is 0 Å². The second-order valence-electron chi connectivity index (χ2n) is 5.85. The Hall–Kier alpha value is -3.48. The molecule has 2 aromatic carbocycles. The van der Waals surface area contributed by atoms with Crippen molar-refractivity contribution in [3.63, 3.8) is 0 Å². The third-order valence-electron chi connectivity index (χ3n) is 4.08. The lowest BCUT2D eigenvalue weighted by Crippen LogP contribution is -2.28. The number of hydrogen-bond acceptors (Lipinski definition) is 4. The molecule has 0 unspecified atom stereocenters. The maximum atomic E-state index is 12.2. The normalized spacial score (nSPS) is 12.0. The van der Waals surface area contributed by atoms with Crippen molar-refractivity contribution in [1.82, 2.24) is 15.1 Å². The number of aromatic nitrogens is 2. The smallest absolute Gasteiger partial charge is 0.319 e. The summed E-state index contributed by atoms with van der Waals surface area (Å²) >= 11 is 0. The molecule has 1 aliphatic rings. The molecule has 0 fully saturated rings. The van der Waals surface area contributed by atoms with E-state index in [-0.39, 0.29) is 12.8 Å². The van der Waals surface area contributed by atoms with Crippen LogP contribution < -0.4 is 20.1 Å². The van der Waals surface area contributed by atoms with Gasteiger partial charge in [-0.3, -0.25) is 4.68 Å². The SMILES string of the molecule is O=C(NCc1ccccc1Cn1cccn1)Nc1ccc2c(c1)OCO2. The number of benzene rings is 2. The molecule has 132 valence electrons. The van der Waals surface area contributed by atoms with Crippen molar-refractivity contribution in [3.8, 4) is 11.5 Å². The number of carbonyl (C=O) groups is 1. The number of nitrogens with zero attached hydrogens (tertiary/aromatic N) is 2. The number of ether oxygens (including phenoxy) is 2. The summed E-state index contributed by atoms with van der Waals surface area (Å²) < 4.78 is 12.4. The van der Waals surface area contributed by atoms with E-state index in [4.69, 9.17) is 9.47 Å². The summed E-state index contributed by atoms with van der Waals surface area (Å²) in [6.45, 7) is 1.29. The van der Waals surface area contributed by atoms with Gasteiger partial charge >= 0.3 is 6.03 Å². The van der Waals surface area contributed by atoms with Gasteiger partial charge in [0.05, 0.1) is 6.54 Å². The molecule has 4 rings (SSSR count). The van der Waals surface area contributed by atoms with Gasteiger partial charge in [0.2, 0.25) is 6.79 Å². The van der Waals surface area contributed by atoms with Gasteiger partial charge in [0.1, 0.15) is 0 Å². The van der Waals surface area contributed by atoms with Gasteiger partial charge in [-0.15, -0.1) is 0 Å². The molecular weight excluding hydrogens is 332 g/mol. The summed E-state index contributed by atoms with van der Waals surface area (Å²) in [7, 11) is 0. The molecule has 2 N–H and O–H groups in total. The number of fused-ring (bicyclic) bond motifs is 1. The fourth-order valence-electron chi connectivity index (χ4n) is 2.78. The Balaban J connectivity index is 1.37. The van der Waals surface area contributed by atoms with Crippen molar-refractivity contribution in [1.29, 1.82) is 0 Å². The second kappa shape index (κ2) is 7.18. The molecule has 0 radical (unpaired) electrons. The average molecular weight is 350 g/mol. The van der Waals surface area contributed by atoms with Crippen LogP contribution in [-0.4, -0.2) is 22.6 Å². The van der Waals surface area contributed by atoms with Gasteiger partial charge in [-0.2, -0.15) is 5.10 Å². The Bertz CT molecular complexity index is 909. The van der Waals surface area contributed by atoms with Crippen LogP contribution in [-0.2, 0) is 13.1 Å². The molecule has 0 saturated carbocycles. The van der Waals surface area contributed by atoms with Crippen LogP contribution in [0.1, 0.15) is 11.1 Å². The van der Waals surface area contributed by atoms with Gasteiger partial charge in [0, 0.05) is 30.7 Å². The number of nitrogens with one attached hydrogen (secondary N) is 2. The van der Waals surface area contributed by atoms with Gasteiger partial charge in [-0.05, 0) is 29.3 Å². The predicted molar refractivity (Wildman–Crippen MR) is 96.2 cm³/mol. The molecule has 1 aliphatic heterocycles. The van der Waals surface area contributed by atoms with E-state index in [2.05, 4.69) is 15.7 Å². The van der Waals surface area contributed by atoms with Gasteiger partial charge in [0.25, 0.3) is 0 Å². The molecule has 0 aliphatic carbocycles. The molecule has 1 aromatic heterocycles. The average Bonchev–Trinajstić information content (AvgIpc) is 3.32. The number of urea groups is 1. The molecule has 0 atom stereocenters. The van der Waals surface area contributed by atoms with Gasteiger partial charge in [0.15, 0.2) is 11.5 Å². The summed E-state index contributed by atoms with van der Waals surface area (Å²) in [6, 6.07) is 14.9. The van der Waals surface area contributed by atoms with Crippen molar-refractivity contribution in [2.24, 2.45) is 0 Å². The number of rotatable bonds is 5. The lowest BCUT2D eigenvalue weighted by atomic mass is 10.1. The standard InChI is InChI=1S/C19H18N4O3/c24-19(22-16-6-7-17-18(10-16)26-13-25-17)20-11-14-4-1-2-5-15(14)12-23-9-3-8-21-23/h1-10H,11-13H2,(H2,20,22,24). The molecule has 7 nitrogen and oxygen atoms in total. The summed E-state index contributed by atoms with van der Waals surface area (Å²) in [5.41, 5.74) is 2.81. The number of anilines is 1. The van der Waals surface area contributed by atoms with E-state index >= 15 is 0 Å². The van der Waals surface area contributed by atoms with Crippen LogP contribution >= 0.6 is 0 Å². The minimum Gasteiger partial charge on any atom is -0.454 e. The zero-order valence-corrected chi connectivity index (χ0v) is 14.0. The Kier molecular flexibility index (Phi) is 4.42. The van der Waals surface area contributed by atoms with Crippen molar-refractivity contribution < 1.29 is 14.3 Å². The minimum absolute atomic E-state index is 0.206. The van der Waals surface area contributed by atoms with Crippen molar-refractivity contribution in [2.75, 3.05) is 12.1 Å². The third-order valence-corrected chi connectivity index (χ3v) is 4.08. The maximum Gasteiger partial charge on any atom is 0.319 e. The van der Waals surface area contributed by atoms with Gasteiger partial charge in [-0.25, -0.2) is 4.79 Å². The zero-order chi connectivity index (χ0) is 17.8.